The van der Waals surface area contributed by atoms with E-state index >= 15 is 0 Å². The van der Waals surface area contributed by atoms with Crippen LogP contribution in [-0.4, -0.2) is 24.7 Å². The molecule has 0 saturated carbocycles. The first kappa shape index (κ1) is 29.6. The Labute approximate surface area is 241 Å². The van der Waals surface area contributed by atoms with Crippen LogP contribution in [0.3, 0.4) is 0 Å². The summed E-state index contributed by atoms with van der Waals surface area (Å²) in [5.41, 5.74) is 4.84. The van der Waals surface area contributed by atoms with E-state index in [-0.39, 0.29) is 17.4 Å². The highest BCUT2D eigenvalue weighted by molar-refractivity contribution is 9.10. The molecular formula is C30H32Br2N2O4. The van der Waals surface area contributed by atoms with Gasteiger partial charge < -0.3 is 9.47 Å². The summed E-state index contributed by atoms with van der Waals surface area (Å²) in [6.07, 6.45) is 2.46. The number of halogens is 2. The number of ether oxygens (including phenoxy) is 2. The van der Waals surface area contributed by atoms with E-state index in [0.29, 0.717) is 22.6 Å². The fourth-order valence-electron chi connectivity index (χ4n) is 4.24. The number of rotatable bonds is 9. The first-order valence-electron chi connectivity index (χ1n) is 12.1. The van der Waals surface area contributed by atoms with E-state index in [1.807, 2.05) is 24.3 Å². The molecular weight excluding hydrogens is 612 g/mol. The van der Waals surface area contributed by atoms with Crippen molar-refractivity contribution in [3.05, 3.63) is 92.4 Å². The summed E-state index contributed by atoms with van der Waals surface area (Å²) in [4.78, 5) is 24.8. The molecule has 38 heavy (non-hydrogen) atoms. The maximum atomic E-state index is 12.5. The number of hydrogen-bond acceptors (Lipinski definition) is 5. The van der Waals surface area contributed by atoms with Gasteiger partial charge in [0.1, 0.15) is 11.5 Å². The molecule has 200 valence electrons. The van der Waals surface area contributed by atoms with Gasteiger partial charge in [-0.1, -0.05) is 78.6 Å². The summed E-state index contributed by atoms with van der Waals surface area (Å²) in [7, 11) is 0. The number of amides is 1. The molecule has 0 bridgehead atoms. The third-order valence-electron chi connectivity index (χ3n) is 5.63. The van der Waals surface area contributed by atoms with Crippen LogP contribution in [0.1, 0.15) is 62.5 Å². The Bertz CT molecular complexity index is 1300. The quantitative estimate of drug-likeness (QED) is 0.112. The number of hydrogen-bond donors (Lipinski definition) is 1. The van der Waals surface area contributed by atoms with E-state index < -0.39 is 11.9 Å². The number of benzene rings is 3. The Morgan fingerprint density at radius 1 is 0.895 bits per heavy atom. The van der Waals surface area contributed by atoms with Gasteiger partial charge in [-0.05, 0) is 77.4 Å². The third-order valence-corrected chi connectivity index (χ3v) is 6.65. The van der Waals surface area contributed by atoms with Crippen LogP contribution in [0.4, 0.5) is 0 Å². The molecule has 0 aliphatic carbocycles. The van der Waals surface area contributed by atoms with Crippen molar-refractivity contribution in [3.8, 4) is 11.5 Å². The molecule has 0 atom stereocenters. The van der Waals surface area contributed by atoms with Crippen LogP contribution < -0.4 is 14.9 Å². The second kappa shape index (κ2) is 12.7. The Balaban J connectivity index is 1.56. The molecule has 0 aromatic heterocycles. The molecule has 6 nitrogen and oxygen atoms in total. The van der Waals surface area contributed by atoms with Gasteiger partial charge in [-0.25, -0.2) is 10.2 Å². The number of hydrazone groups is 1. The van der Waals surface area contributed by atoms with E-state index in [9.17, 15) is 9.59 Å². The van der Waals surface area contributed by atoms with Crippen LogP contribution in [0, 0.1) is 5.41 Å². The minimum absolute atomic E-state index is 0.0285. The lowest BCUT2D eigenvalue weighted by Crippen LogP contribution is -2.25. The van der Waals surface area contributed by atoms with E-state index in [0.717, 1.165) is 15.4 Å². The number of nitrogens with one attached hydrogen (secondary N) is 1. The van der Waals surface area contributed by atoms with Gasteiger partial charge >= 0.3 is 5.97 Å². The summed E-state index contributed by atoms with van der Waals surface area (Å²) >= 11 is 6.75. The zero-order valence-electron chi connectivity index (χ0n) is 22.2. The monoisotopic (exact) mass is 642 g/mol. The highest BCUT2D eigenvalue weighted by Gasteiger charge is 2.27. The molecule has 0 spiro atoms. The molecule has 3 aromatic carbocycles. The topological polar surface area (TPSA) is 77.0 Å². The number of carbonyl (C=O) groups excluding carboxylic acids is 2. The Kier molecular flexibility index (Phi) is 9.90. The van der Waals surface area contributed by atoms with E-state index in [1.54, 1.807) is 42.5 Å². The molecule has 0 unspecified atom stereocenters. The predicted molar refractivity (Wildman–Crippen MR) is 158 cm³/mol. The summed E-state index contributed by atoms with van der Waals surface area (Å²) in [5, 5.41) is 4.00. The summed E-state index contributed by atoms with van der Waals surface area (Å²) < 4.78 is 12.8. The number of carbonyl (C=O) groups is 2. The van der Waals surface area contributed by atoms with Crippen molar-refractivity contribution >= 4 is 50.0 Å². The second-order valence-corrected chi connectivity index (χ2v) is 12.6. The van der Waals surface area contributed by atoms with Crippen molar-refractivity contribution in [1.82, 2.24) is 5.43 Å². The summed E-state index contributed by atoms with van der Waals surface area (Å²) in [5.74, 6) is -0.0000704. The average molecular weight is 644 g/mol. The lowest BCUT2D eigenvalue weighted by molar-refractivity contribution is -0.123. The minimum atomic E-state index is -0.500. The number of nitrogens with zero attached hydrogens (tertiary/aromatic N) is 1. The summed E-state index contributed by atoms with van der Waals surface area (Å²) in [6, 6.07) is 19.8. The molecule has 0 aliphatic rings. The highest BCUT2D eigenvalue weighted by Crippen LogP contribution is 2.36. The van der Waals surface area contributed by atoms with Crippen molar-refractivity contribution in [3.63, 3.8) is 0 Å². The van der Waals surface area contributed by atoms with Gasteiger partial charge in [0.15, 0.2) is 6.61 Å². The minimum Gasteiger partial charge on any atom is -0.484 e. The molecule has 0 saturated heterocycles. The molecule has 0 heterocycles. The van der Waals surface area contributed by atoms with Crippen LogP contribution >= 0.6 is 31.9 Å². The molecule has 8 heteroatoms. The van der Waals surface area contributed by atoms with Crippen LogP contribution in [0.25, 0.3) is 0 Å². The predicted octanol–water partition coefficient (Wildman–Crippen LogP) is 7.67. The lowest BCUT2D eigenvalue weighted by atomic mass is 9.72. The lowest BCUT2D eigenvalue weighted by Gasteiger charge is -2.33. The third kappa shape index (κ3) is 9.10. The van der Waals surface area contributed by atoms with Gasteiger partial charge in [0.05, 0.1) is 11.8 Å². The van der Waals surface area contributed by atoms with Crippen LogP contribution in [-0.2, 0) is 10.2 Å². The highest BCUT2D eigenvalue weighted by atomic mass is 79.9. The van der Waals surface area contributed by atoms with Gasteiger partial charge in [-0.3, -0.25) is 4.79 Å². The van der Waals surface area contributed by atoms with Gasteiger partial charge in [-0.15, -0.1) is 0 Å². The van der Waals surface area contributed by atoms with Gasteiger partial charge in [0.2, 0.25) is 0 Å². The van der Waals surface area contributed by atoms with Gasteiger partial charge in [0, 0.05) is 14.5 Å². The van der Waals surface area contributed by atoms with Crippen LogP contribution in [0.15, 0.2) is 80.8 Å². The maximum Gasteiger partial charge on any atom is 0.343 e. The van der Waals surface area contributed by atoms with Crippen molar-refractivity contribution in [2.45, 2.75) is 46.5 Å². The van der Waals surface area contributed by atoms with E-state index in [1.165, 1.54) is 11.8 Å². The molecule has 3 rings (SSSR count). The Hall–Kier alpha value is -2.97. The van der Waals surface area contributed by atoms with Gasteiger partial charge in [0.25, 0.3) is 5.91 Å². The zero-order chi connectivity index (χ0) is 27.9. The van der Waals surface area contributed by atoms with Crippen molar-refractivity contribution in [2.24, 2.45) is 10.5 Å². The fourth-order valence-corrected chi connectivity index (χ4v) is 4.89. The van der Waals surface area contributed by atoms with Crippen LogP contribution in [0.2, 0.25) is 0 Å². The van der Waals surface area contributed by atoms with E-state index in [4.69, 9.17) is 9.47 Å². The molecule has 0 aliphatic heterocycles. The summed E-state index contributed by atoms with van der Waals surface area (Å²) in [6.45, 7) is 11.0. The normalized spacial score (nSPS) is 11.9. The zero-order valence-corrected chi connectivity index (χ0v) is 25.4. The second-order valence-electron chi connectivity index (χ2n) is 10.8. The number of esters is 1. The first-order valence-corrected chi connectivity index (χ1v) is 13.7. The van der Waals surface area contributed by atoms with Gasteiger partial charge in [-0.2, -0.15) is 5.10 Å². The molecule has 0 radical (unpaired) electrons. The molecule has 1 amide bonds. The smallest absolute Gasteiger partial charge is 0.343 e. The van der Waals surface area contributed by atoms with E-state index in [2.05, 4.69) is 77.0 Å². The van der Waals surface area contributed by atoms with Crippen molar-refractivity contribution in [1.29, 1.82) is 0 Å². The standard InChI is InChI=1S/C30H32Br2N2O4/c1-29(2,3)19-30(4,5)22-8-13-25(14-9-22)37-18-27(35)34-33-17-21-16-24(32)12-15-26(21)38-28(36)20-6-10-23(31)11-7-20/h6-17H,18-19H2,1-5H3,(H,34,35)/b33-17+. The molecule has 3 aromatic rings. The first-order chi connectivity index (χ1) is 17.8. The Morgan fingerprint density at radius 2 is 1.53 bits per heavy atom. The Morgan fingerprint density at radius 3 is 2.16 bits per heavy atom. The van der Waals surface area contributed by atoms with Crippen molar-refractivity contribution in [2.75, 3.05) is 6.61 Å². The SMILES string of the molecule is CC(C)(C)CC(C)(C)c1ccc(OCC(=O)N/N=C/c2cc(Br)ccc2OC(=O)c2ccc(Br)cc2)cc1. The maximum absolute atomic E-state index is 12.5. The fraction of sp³-hybridized carbons (Fsp3) is 0.300. The van der Waals surface area contributed by atoms with Crippen LogP contribution in [0.5, 0.6) is 11.5 Å². The molecule has 1 N–H and O–H groups in total. The average Bonchev–Trinajstić information content (AvgIpc) is 2.83. The largest absolute Gasteiger partial charge is 0.484 e. The molecule has 0 fully saturated rings. The van der Waals surface area contributed by atoms with Crippen molar-refractivity contribution < 1.29 is 19.1 Å².